The number of nitrogens with zero attached hydrogens (tertiary/aromatic N) is 2. The van der Waals surface area contributed by atoms with Gasteiger partial charge in [-0.25, -0.2) is 0 Å². The average molecular weight is 619 g/mol. The minimum Gasteiger partial charge on any atom is -0.456 e. The van der Waals surface area contributed by atoms with E-state index >= 15 is 0 Å². The lowest BCUT2D eigenvalue weighted by Gasteiger charge is -2.25. The van der Waals surface area contributed by atoms with Crippen molar-refractivity contribution in [2.75, 3.05) is 4.90 Å². The van der Waals surface area contributed by atoms with Crippen molar-refractivity contribution in [3.8, 4) is 5.69 Å². The quantitative estimate of drug-likeness (QED) is 0.184. The van der Waals surface area contributed by atoms with Gasteiger partial charge in [-0.3, -0.25) is 4.79 Å². The van der Waals surface area contributed by atoms with Gasteiger partial charge < -0.3 is 18.3 Å². The van der Waals surface area contributed by atoms with Gasteiger partial charge in [0.1, 0.15) is 22.3 Å². The van der Waals surface area contributed by atoms with Gasteiger partial charge >= 0.3 is 0 Å². The van der Waals surface area contributed by atoms with Crippen molar-refractivity contribution in [1.82, 2.24) is 4.57 Å². The fourth-order valence-electron chi connectivity index (χ4n) is 7.17. The van der Waals surface area contributed by atoms with Crippen molar-refractivity contribution < 1.29 is 8.83 Å². The Labute approximate surface area is 274 Å². The van der Waals surface area contributed by atoms with Gasteiger partial charge in [-0.2, -0.15) is 0 Å². The number of furan rings is 1. The molecule has 0 radical (unpaired) electrons. The normalized spacial score (nSPS) is 11.8. The van der Waals surface area contributed by atoms with E-state index in [0.717, 1.165) is 66.5 Å². The maximum atomic E-state index is 13.8. The van der Waals surface area contributed by atoms with E-state index in [-0.39, 0.29) is 5.43 Å². The summed E-state index contributed by atoms with van der Waals surface area (Å²) in [5.74, 6) is 0. The molecule has 5 heteroatoms. The molecule has 0 bridgehead atoms. The van der Waals surface area contributed by atoms with E-state index < -0.39 is 0 Å². The van der Waals surface area contributed by atoms with Crippen LogP contribution in [-0.2, 0) is 0 Å². The van der Waals surface area contributed by atoms with Crippen LogP contribution in [-0.4, -0.2) is 4.57 Å². The number of rotatable bonds is 4. The van der Waals surface area contributed by atoms with Gasteiger partial charge in [-0.1, -0.05) is 72.8 Å². The predicted octanol–water partition coefficient (Wildman–Crippen LogP) is 11.4. The SMILES string of the molecule is O=c1c2ccccc2oc2ccc(-n3c4cc(N(c5ccccc5)c5ccccc5)ccc4c4cc5oc6ccccc6c5cc43)cc12. The van der Waals surface area contributed by atoms with Crippen LogP contribution in [0.3, 0.4) is 0 Å². The Bertz CT molecular complexity index is 2880. The Morgan fingerprint density at radius 3 is 1.75 bits per heavy atom. The zero-order chi connectivity index (χ0) is 31.8. The molecule has 0 saturated heterocycles. The van der Waals surface area contributed by atoms with Gasteiger partial charge in [0.25, 0.3) is 0 Å². The molecule has 3 heterocycles. The lowest BCUT2D eigenvalue weighted by molar-refractivity contribution is 0.660. The van der Waals surface area contributed by atoms with Gasteiger partial charge in [-0.15, -0.1) is 0 Å². The minimum atomic E-state index is -0.0438. The first-order valence-electron chi connectivity index (χ1n) is 16.0. The predicted molar refractivity (Wildman–Crippen MR) is 196 cm³/mol. The van der Waals surface area contributed by atoms with Gasteiger partial charge in [0.05, 0.1) is 21.8 Å². The monoisotopic (exact) mass is 618 g/mol. The van der Waals surface area contributed by atoms with Crippen LogP contribution in [0.5, 0.6) is 0 Å². The van der Waals surface area contributed by atoms with Gasteiger partial charge in [0.15, 0.2) is 0 Å². The van der Waals surface area contributed by atoms with E-state index in [2.05, 4.69) is 94.4 Å². The van der Waals surface area contributed by atoms with E-state index in [4.69, 9.17) is 8.83 Å². The highest BCUT2D eigenvalue weighted by Crippen LogP contribution is 2.42. The zero-order valence-corrected chi connectivity index (χ0v) is 25.6. The second kappa shape index (κ2) is 10.2. The van der Waals surface area contributed by atoms with E-state index in [9.17, 15) is 4.79 Å². The van der Waals surface area contributed by atoms with Crippen LogP contribution in [0.15, 0.2) is 171 Å². The van der Waals surface area contributed by atoms with E-state index in [1.54, 1.807) is 0 Å². The fourth-order valence-corrected chi connectivity index (χ4v) is 7.17. The molecule has 3 aromatic heterocycles. The highest BCUT2D eigenvalue weighted by atomic mass is 16.3. The Kier molecular flexibility index (Phi) is 5.66. The summed E-state index contributed by atoms with van der Waals surface area (Å²) in [5.41, 5.74) is 8.85. The van der Waals surface area contributed by atoms with Crippen molar-refractivity contribution in [3.63, 3.8) is 0 Å². The second-order valence-electron chi connectivity index (χ2n) is 12.1. The Balaban J connectivity index is 1.30. The average Bonchev–Trinajstić information content (AvgIpc) is 3.66. The van der Waals surface area contributed by atoms with Gasteiger partial charge in [0, 0.05) is 44.3 Å². The van der Waals surface area contributed by atoms with E-state index in [1.807, 2.05) is 72.8 Å². The number of fused-ring (bicyclic) bond motifs is 8. The number of anilines is 3. The molecule has 48 heavy (non-hydrogen) atoms. The number of aromatic nitrogens is 1. The summed E-state index contributed by atoms with van der Waals surface area (Å²) in [6, 6.07) is 53.2. The molecular formula is C43H26N2O3. The molecule has 10 rings (SSSR count). The fraction of sp³-hybridized carbons (Fsp3) is 0. The number of benzene rings is 7. The smallest absolute Gasteiger partial charge is 0.200 e. The maximum Gasteiger partial charge on any atom is 0.200 e. The van der Waals surface area contributed by atoms with Crippen LogP contribution >= 0.6 is 0 Å². The molecule has 0 aliphatic rings. The van der Waals surface area contributed by atoms with Gasteiger partial charge in [0.2, 0.25) is 5.43 Å². The summed E-state index contributed by atoms with van der Waals surface area (Å²) in [6.07, 6.45) is 0. The van der Waals surface area contributed by atoms with Crippen molar-refractivity contribution in [1.29, 1.82) is 0 Å². The third kappa shape index (κ3) is 3.94. The first-order valence-corrected chi connectivity index (χ1v) is 16.0. The van der Waals surface area contributed by atoms with E-state index in [1.165, 1.54) is 0 Å². The molecule has 0 aliphatic carbocycles. The molecule has 0 aliphatic heterocycles. The van der Waals surface area contributed by atoms with Gasteiger partial charge in [-0.05, 0) is 84.9 Å². The summed E-state index contributed by atoms with van der Waals surface area (Å²) in [7, 11) is 0. The molecular weight excluding hydrogens is 592 g/mol. The minimum absolute atomic E-state index is 0.0438. The molecule has 0 N–H and O–H groups in total. The Morgan fingerprint density at radius 1 is 0.396 bits per heavy atom. The van der Waals surface area contributed by atoms with Crippen LogP contribution in [0.4, 0.5) is 17.1 Å². The first-order chi connectivity index (χ1) is 23.7. The molecule has 0 amide bonds. The van der Waals surface area contributed by atoms with E-state index in [0.29, 0.717) is 21.9 Å². The van der Waals surface area contributed by atoms with Crippen LogP contribution in [0.1, 0.15) is 0 Å². The summed E-state index contributed by atoms with van der Waals surface area (Å²) in [6.45, 7) is 0. The highest BCUT2D eigenvalue weighted by molar-refractivity contribution is 6.17. The molecule has 10 aromatic rings. The second-order valence-corrected chi connectivity index (χ2v) is 12.1. The van der Waals surface area contributed by atoms with Crippen molar-refractivity contribution >= 4 is 82.7 Å². The van der Waals surface area contributed by atoms with Crippen LogP contribution in [0.25, 0.3) is 71.4 Å². The largest absolute Gasteiger partial charge is 0.456 e. The van der Waals surface area contributed by atoms with Crippen LogP contribution in [0.2, 0.25) is 0 Å². The first kappa shape index (κ1) is 26.6. The highest BCUT2D eigenvalue weighted by Gasteiger charge is 2.20. The molecule has 0 atom stereocenters. The van der Waals surface area contributed by atoms with Crippen molar-refractivity contribution in [2.24, 2.45) is 0 Å². The van der Waals surface area contributed by atoms with Crippen molar-refractivity contribution in [2.45, 2.75) is 0 Å². The zero-order valence-electron chi connectivity index (χ0n) is 25.6. The summed E-state index contributed by atoms with van der Waals surface area (Å²) >= 11 is 0. The molecule has 0 saturated carbocycles. The topological polar surface area (TPSA) is 51.5 Å². The molecule has 5 nitrogen and oxygen atoms in total. The Hall–Kier alpha value is -6.59. The Morgan fingerprint density at radius 2 is 1.00 bits per heavy atom. The molecule has 0 unspecified atom stereocenters. The van der Waals surface area contributed by atoms with Crippen LogP contribution in [0, 0.1) is 0 Å². The summed E-state index contributed by atoms with van der Waals surface area (Å²) < 4.78 is 14.8. The number of hydrogen-bond acceptors (Lipinski definition) is 4. The lowest BCUT2D eigenvalue weighted by Crippen LogP contribution is -2.09. The third-order valence-corrected chi connectivity index (χ3v) is 9.35. The lowest BCUT2D eigenvalue weighted by atomic mass is 10.1. The third-order valence-electron chi connectivity index (χ3n) is 9.35. The molecule has 7 aromatic carbocycles. The molecule has 226 valence electrons. The van der Waals surface area contributed by atoms with Crippen molar-refractivity contribution in [3.05, 3.63) is 168 Å². The molecule has 0 fully saturated rings. The summed E-state index contributed by atoms with van der Waals surface area (Å²) in [4.78, 5) is 16.1. The molecule has 0 spiro atoms. The summed E-state index contributed by atoms with van der Waals surface area (Å²) in [5, 5.41) is 5.38. The standard InChI is InChI=1S/C43H26N2O3/c46-43-33-16-8-10-18-40(33)47-41-22-20-29(23-36(41)43)45-37-24-30(44(27-11-3-1-4-12-27)28-13-5-2-6-14-28)19-21-31(37)34-26-42-35(25-38(34)45)32-15-7-9-17-39(32)48-42/h1-26H. The number of para-hydroxylation sites is 4. The maximum absolute atomic E-state index is 13.8. The number of hydrogen-bond donors (Lipinski definition) is 0. The van der Waals surface area contributed by atoms with Crippen LogP contribution < -0.4 is 10.3 Å².